The van der Waals surface area contributed by atoms with Gasteiger partial charge in [-0.25, -0.2) is 9.97 Å². The molecule has 0 aliphatic rings. The highest BCUT2D eigenvalue weighted by molar-refractivity contribution is 9.10. The van der Waals surface area contributed by atoms with Gasteiger partial charge in [-0.2, -0.15) is 0 Å². The predicted octanol–water partition coefficient (Wildman–Crippen LogP) is 3.90. The summed E-state index contributed by atoms with van der Waals surface area (Å²) in [7, 11) is 0. The molecule has 1 heterocycles. The third kappa shape index (κ3) is 4.14. The highest BCUT2D eigenvalue weighted by Crippen LogP contribution is 2.29. The fourth-order valence-electron chi connectivity index (χ4n) is 1.88. The van der Waals surface area contributed by atoms with E-state index in [1.54, 1.807) is 0 Å². The predicted molar refractivity (Wildman–Crippen MR) is 82.5 cm³/mol. The SMILES string of the molecule is CCCc1nc(C(C)(C)OCC)nc(NCC)c1Br. The van der Waals surface area contributed by atoms with Crippen LogP contribution in [0.15, 0.2) is 4.47 Å². The first kappa shape index (κ1) is 16.4. The van der Waals surface area contributed by atoms with Gasteiger partial charge < -0.3 is 10.1 Å². The van der Waals surface area contributed by atoms with Gasteiger partial charge in [0.15, 0.2) is 5.82 Å². The molecule has 0 amide bonds. The van der Waals surface area contributed by atoms with E-state index < -0.39 is 5.60 Å². The number of halogens is 1. The van der Waals surface area contributed by atoms with Gasteiger partial charge in [-0.1, -0.05) is 13.3 Å². The summed E-state index contributed by atoms with van der Waals surface area (Å²) >= 11 is 3.59. The van der Waals surface area contributed by atoms with E-state index in [2.05, 4.69) is 45.1 Å². The molecule has 1 N–H and O–H groups in total. The van der Waals surface area contributed by atoms with Gasteiger partial charge in [0, 0.05) is 13.2 Å². The number of nitrogens with one attached hydrogen (secondary N) is 1. The van der Waals surface area contributed by atoms with Crippen LogP contribution >= 0.6 is 15.9 Å². The monoisotopic (exact) mass is 329 g/mol. The molecule has 0 aliphatic heterocycles. The van der Waals surface area contributed by atoms with Crippen molar-refractivity contribution in [3.05, 3.63) is 16.0 Å². The summed E-state index contributed by atoms with van der Waals surface area (Å²) in [4.78, 5) is 9.27. The average Bonchev–Trinajstić information content (AvgIpc) is 2.34. The molecule has 1 aromatic heterocycles. The zero-order valence-corrected chi connectivity index (χ0v) is 14.1. The fourth-order valence-corrected chi connectivity index (χ4v) is 2.39. The number of anilines is 1. The Hall–Kier alpha value is -0.680. The summed E-state index contributed by atoms with van der Waals surface area (Å²) in [5.74, 6) is 1.58. The molecule has 0 radical (unpaired) electrons. The molecule has 1 aromatic rings. The van der Waals surface area contributed by atoms with Crippen LogP contribution < -0.4 is 5.32 Å². The zero-order chi connectivity index (χ0) is 14.5. The third-order valence-corrected chi connectivity index (χ3v) is 3.63. The number of hydrogen-bond donors (Lipinski definition) is 1. The molecule has 0 saturated carbocycles. The van der Waals surface area contributed by atoms with Gasteiger partial charge in [0.2, 0.25) is 0 Å². The maximum atomic E-state index is 5.75. The lowest BCUT2D eigenvalue weighted by atomic mass is 10.1. The molecule has 0 spiro atoms. The van der Waals surface area contributed by atoms with Crippen LogP contribution in [0.3, 0.4) is 0 Å². The van der Waals surface area contributed by atoms with Gasteiger partial charge in [0.25, 0.3) is 0 Å². The van der Waals surface area contributed by atoms with Crippen molar-refractivity contribution in [2.75, 3.05) is 18.5 Å². The van der Waals surface area contributed by atoms with Crippen LogP contribution in [-0.4, -0.2) is 23.1 Å². The van der Waals surface area contributed by atoms with Crippen molar-refractivity contribution in [2.45, 2.75) is 53.1 Å². The topological polar surface area (TPSA) is 47.0 Å². The quantitative estimate of drug-likeness (QED) is 0.824. The van der Waals surface area contributed by atoms with E-state index in [0.717, 1.165) is 41.2 Å². The van der Waals surface area contributed by atoms with E-state index >= 15 is 0 Å². The summed E-state index contributed by atoms with van der Waals surface area (Å²) in [5.41, 5.74) is 0.568. The zero-order valence-electron chi connectivity index (χ0n) is 12.5. The van der Waals surface area contributed by atoms with Crippen LogP contribution in [0.2, 0.25) is 0 Å². The van der Waals surface area contributed by atoms with Crippen LogP contribution in [-0.2, 0) is 16.8 Å². The molecule has 0 aliphatic carbocycles. The van der Waals surface area contributed by atoms with Gasteiger partial charge in [-0.15, -0.1) is 0 Å². The van der Waals surface area contributed by atoms with E-state index in [4.69, 9.17) is 4.74 Å². The Kier molecular flexibility index (Phi) is 6.20. The molecule has 1 rings (SSSR count). The van der Waals surface area contributed by atoms with Crippen LogP contribution in [0.25, 0.3) is 0 Å². The highest BCUT2D eigenvalue weighted by atomic mass is 79.9. The standard InChI is InChI=1S/C14H24BrN3O/c1-6-9-10-11(15)12(16-7-2)18-13(17-10)14(4,5)19-8-3/h6-9H2,1-5H3,(H,16,17,18). The normalized spacial score (nSPS) is 11.7. The first-order valence-electron chi connectivity index (χ1n) is 6.90. The highest BCUT2D eigenvalue weighted by Gasteiger charge is 2.26. The second kappa shape index (κ2) is 7.20. The molecular formula is C14H24BrN3O. The molecule has 4 nitrogen and oxygen atoms in total. The lowest BCUT2D eigenvalue weighted by Crippen LogP contribution is -2.26. The van der Waals surface area contributed by atoms with E-state index in [-0.39, 0.29) is 0 Å². The second-order valence-corrected chi connectivity index (χ2v) is 5.67. The Balaban J connectivity index is 3.24. The molecule has 0 atom stereocenters. The smallest absolute Gasteiger partial charge is 0.162 e. The Morgan fingerprint density at radius 3 is 2.42 bits per heavy atom. The summed E-state index contributed by atoms with van der Waals surface area (Å²) in [6, 6.07) is 0. The minimum Gasteiger partial charge on any atom is -0.369 e. The Morgan fingerprint density at radius 2 is 1.89 bits per heavy atom. The van der Waals surface area contributed by atoms with Crippen LogP contribution in [0.1, 0.15) is 52.6 Å². The van der Waals surface area contributed by atoms with E-state index in [1.165, 1.54) is 0 Å². The van der Waals surface area contributed by atoms with Gasteiger partial charge in [-0.3, -0.25) is 0 Å². The summed E-state index contributed by atoms with van der Waals surface area (Å²) in [6.45, 7) is 11.7. The van der Waals surface area contributed by atoms with Crippen molar-refractivity contribution in [3.8, 4) is 0 Å². The molecule has 108 valence electrons. The second-order valence-electron chi connectivity index (χ2n) is 4.88. The summed E-state index contributed by atoms with van der Waals surface area (Å²) in [5, 5.41) is 3.28. The van der Waals surface area contributed by atoms with Gasteiger partial charge in [0.05, 0.1) is 10.2 Å². The molecule has 0 fully saturated rings. The van der Waals surface area contributed by atoms with Gasteiger partial charge in [-0.05, 0) is 50.0 Å². The van der Waals surface area contributed by atoms with E-state index in [1.807, 2.05) is 20.8 Å². The largest absolute Gasteiger partial charge is 0.369 e. The van der Waals surface area contributed by atoms with Crippen molar-refractivity contribution in [3.63, 3.8) is 0 Å². The molecule has 5 heteroatoms. The first-order valence-corrected chi connectivity index (χ1v) is 7.70. The minimum absolute atomic E-state index is 0.470. The van der Waals surface area contributed by atoms with Crippen molar-refractivity contribution in [2.24, 2.45) is 0 Å². The number of aromatic nitrogens is 2. The van der Waals surface area contributed by atoms with Crippen LogP contribution in [0.4, 0.5) is 5.82 Å². The van der Waals surface area contributed by atoms with E-state index in [0.29, 0.717) is 6.61 Å². The van der Waals surface area contributed by atoms with Gasteiger partial charge in [0.1, 0.15) is 11.4 Å². The average molecular weight is 330 g/mol. The number of rotatable bonds is 7. The number of aryl methyl sites for hydroxylation is 1. The Bertz CT molecular complexity index is 394. The summed E-state index contributed by atoms with van der Waals surface area (Å²) in [6.07, 6.45) is 1.98. The van der Waals surface area contributed by atoms with Crippen molar-refractivity contribution >= 4 is 21.7 Å². The van der Waals surface area contributed by atoms with Crippen molar-refractivity contribution < 1.29 is 4.74 Å². The first-order chi connectivity index (χ1) is 8.96. The molecule has 0 unspecified atom stereocenters. The number of nitrogens with zero attached hydrogens (tertiary/aromatic N) is 2. The van der Waals surface area contributed by atoms with Crippen LogP contribution in [0.5, 0.6) is 0 Å². The molecule has 0 bridgehead atoms. The Morgan fingerprint density at radius 1 is 1.21 bits per heavy atom. The van der Waals surface area contributed by atoms with Crippen LogP contribution in [0, 0.1) is 0 Å². The van der Waals surface area contributed by atoms with Crippen molar-refractivity contribution in [1.82, 2.24) is 9.97 Å². The molecule has 0 saturated heterocycles. The fraction of sp³-hybridized carbons (Fsp3) is 0.714. The summed E-state index contributed by atoms with van der Waals surface area (Å²) < 4.78 is 6.72. The molecule has 19 heavy (non-hydrogen) atoms. The Labute approximate surface area is 124 Å². The maximum absolute atomic E-state index is 5.75. The van der Waals surface area contributed by atoms with Gasteiger partial charge >= 0.3 is 0 Å². The number of ether oxygens (including phenoxy) is 1. The minimum atomic E-state index is -0.470. The lowest BCUT2D eigenvalue weighted by Gasteiger charge is -2.24. The van der Waals surface area contributed by atoms with Crippen molar-refractivity contribution in [1.29, 1.82) is 0 Å². The number of hydrogen-bond acceptors (Lipinski definition) is 4. The molecule has 0 aromatic carbocycles. The third-order valence-electron chi connectivity index (χ3n) is 2.79. The van der Waals surface area contributed by atoms with E-state index in [9.17, 15) is 0 Å². The maximum Gasteiger partial charge on any atom is 0.162 e. The molecular weight excluding hydrogens is 306 g/mol. The lowest BCUT2D eigenvalue weighted by molar-refractivity contribution is -0.0208.